The molecule has 114 valence electrons. The number of hydrogen-bond donors (Lipinski definition) is 2. The van der Waals surface area contributed by atoms with Gasteiger partial charge in [-0.05, 0) is 48.2 Å². The van der Waals surface area contributed by atoms with Crippen LogP contribution in [0.15, 0.2) is 48.5 Å². The standard InChI is InChI=1S/C18H19NO3/c1-22-17-9-7-16(8-10-17)18(21,11-2-12-20)15-5-3-14(13-19)4-6-15/h3-10,20-21H,2,11-12H2,1H3. The van der Waals surface area contributed by atoms with Gasteiger partial charge in [-0.1, -0.05) is 24.3 Å². The average molecular weight is 297 g/mol. The van der Waals surface area contributed by atoms with E-state index in [4.69, 9.17) is 15.1 Å². The van der Waals surface area contributed by atoms with Gasteiger partial charge >= 0.3 is 0 Å². The molecule has 0 aliphatic rings. The van der Waals surface area contributed by atoms with E-state index in [2.05, 4.69) is 6.07 Å². The van der Waals surface area contributed by atoms with E-state index in [0.717, 1.165) is 5.56 Å². The maximum absolute atomic E-state index is 11.2. The molecule has 2 rings (SSSR count). The second kappa shape index (κ2) is 7.08. The third-order valence-corrected chi connectivity index (χ3v) is 3.76. The molecule has 0 saturated heterocycles. The number of methoxy groups -OCH3 is 1. The first-order chi connectivity index (χ1) is 10.6. The number of aliphatic hydroxyl groups is 2. The van der Waals surface area contributed by atoms with Crippen LogP contribution in [0.25, 0.3) is 0 Å². The van der Waals surface area contributed by atoms with Crippen molar-refractivity contribution in [2.24, 2.45) is 0 Å². The number of ether oxygens (including phenoxy) is 1. The van der Waals surface area contributed by atoms with E-state index in [9.17, 15) is 5.11 Å². The number of benzene rings is 2. The minimum Gasteiger partial charge on any atom is -0.497 e. The molecule has 0 fully saturated rings. The minimum absolute atomic E-state index is 0.00867. The molecule has 0 radical (unpaired) electrons. The normalized spacial score (nSPS) is 13.2. The molecule has 0 amide bonds. The molecule has 0 saturated carbocycles. The number of nitriles is 1. The van der Waals surface area contributed by atoms with Crippen molar-refractivity contribution in [3.05, 3.63) is 65.2 Å². The highest BCUT2D eigenvalue weighted by Gasteiger charge is 2.31. The van der Waals surface area contributed by atoms with E-state index in [1.807, 2.05) is 12.1 Å². The average Bonchev–Trinajstić information content (AvgIpc) is 2.59. The molecule has 2 aromatic rings. The molecule has 0 heterocycles. The van der Waals surface area contributed by atoms with Crippen LogP contribution in [0.1, 0.15) is 29.5 Å². The fourth-order valence-electron chi connectivity index (χ4n) is 2.48. The molecule has 22 heavy (non-hydrogen) atoms. The predicted molar refractivity (Wildman–Crippen MR) is 83.5 cm³/mol. The first-order valence-corrected chi connectivity index (χ1v) is 7.12. The number of hydrogen-bond acceptors (Lipinski definition) is 4. The molecular formula is C18H19NO3. The zero-order valence-electron chi connectivity index (χ0n) is 12.5. The summed E-state index contributed by atoms with van der Waals surface area (Å²) in [6.45, 7) is 0.00867. The number of rotatable bonds is 6. The monoisotopic (exact) mass is 297 g/mol. The lowest BCUT2D eigenvalue weighted by molar-refractivity contribution is 0.0625. The predicted octanol–water partition coefficient (Wildman–Crippen LogP) is 2.58. The second-order valence-corrected chi connectivity index (χ2v) is 5.11. The molecule has 1 atom stereocenters. The highest BCUT2D eigenvalue weighted by atomic mass is 16.5. The van der Waals surface area contributed by atoms with E-state index in [0.29, 0.717) is 29.7 Å². The SMILES string of the molecule is COc1ccc(C(O)(CCCO)c2ccc(C#N)cc2)cc1. The fourth-order valence-corrected chi connectivity index (χ4v) is 2.48. The molecule has 0 aliphatic carbocycles. The first kappa shape index (κ1) is 16.0. The molecule has 1 unspecified atom stereocenters. The maximum atomic E-state index is 11.2. The largest absolute Gasteiger partial charge is 0.497 e. The Labute approximate surface area is 130 Å². The summed E-state index contributed by atoms with van der Waals surface area (Å²) in [4.78, 5) is 0. The smallest absolute Gasteiger partial charge is 0.118 e. The summed E-state index contributed by atoms with van der Waals surface area (Å²) in [5.74, 6) is 0.716. The number of nitrogens with zero attached hydrogens (tertiary/aromatic N) is 1. The quantitative estimate of drug-likeness (QED) is 0.859. The zero-order valence-corrected chi connectivity index (χ0v) is 12.5. The van der Waals surface area contributed by atoms with E-state index < -0.39 is 5.60 Å². The molecule has 2 N–H and O–H groups in total. The Morgan fingerprint density at radius 2 is 1.59 bits per heavy atom. The van der Waals surface area contributed by atoms with Gasteiger partial charge in [-0.25, -0.2) is 0 Å². The van der Waals surface area contributed by atoms with E-state index in [1.54, 1.807) is 43.5 Å². The Bertz CT molecular complexity index is 644. The molecular weight excluding hydrogens is 278 g/mol. The Morgan fingerprint density at radius 3 is 2.05 bits per heavy atom. The molecule has 2 aromatic carbocycles. The summed E-state index contributed by atoms with van der Waals surface area (Å²) in [6, 6.07) is 16.1. The highest BCUT2D eigenvalue weighted by Crippen LogP contribution is 2.35. The number of aliphatic hydroxyl groups excluding tert-OH is 1. The molecule has 0 spiro atoms. The summed E-state index contributed by atoms with van der Waals surface area (Å²) in [6.07, 6.45) is 0.865. The van der Waals surface area contributed by atoms with Crippen molar-refractivity contribution in [3.63, 3.8) is 0 Å². The van der Waals surface area contributed by atoms with Gasteiger partial charge in [0.05, 0.1) is 18.7 Å². The van der Waals surface area contributed by atoms with Crippen molar-refractivity contribution in [2.75, 3.05) is 13.7 Å². The summed E-state index contributed by atoms with van der Waals surface area (Å²) in [5, 5.41) is 29.2. The lowest BCUT2D eigenvalue weighted by Gasteiger charge is -2.29. The van der Waals surface area contributed by atoms with Crippen molar-refractivity contribution in [1.29, 1.82) is 5.26 Å². The second-order valence-electron chi connectivity index (χ2n) is 5.11. The maximum Gasteiger partial charge on any atom is 0.118 e. The van der Waals surface area contributed by atoms with Gasteiger partial charge in [0, 0.05) is 6.61 Å². The summed E-state index contributed by atoms with van der Waals surface area (Å²) in [5.41, 5.74) is 0.766. The van der Waals surface area contributed by atoms with Gasteiger partial charge in [0.1, 0.15) is 11.4 Å². The van der Waals surface area contributed by atoms with Crippen molar-refractivity contribution in [1.82, 2.24) is 0 Å². The van der Waals surface area contributed by atoms with Crippen LogP contribution < -0.4 is 4.74 Å². The molecule has 0 aliphatic heterocycles. The van der Waals surface area contributed by atoms with Gasteiger partial charge in [0.15, 0.2) is 0 Å². The molecule has 0 bridgehead atoms. The van der Waals surface area contributed by atoms with Gasteiger partial charge in [-0.15, -0.1) is 0 Å². The summed E-state index contributed by atoms with van der Waals surface area (Å²) < 4.78 is 5.14. The Morgan fingerprint density at radius 1 is 1.05 bits per heavy atom. The van der Waals surface area contributed by atoms with Crippen LogP contribution in [-0.4, -0.2) is 23.9 Å². The van der Waals surface area contributed by atoms with Crippen molar-refractivity contribution in [3.8, 4) is 11.8 Å². The highest BCUT2D eigenvalue weighted by molar-refractivity contribution is 5.41. The third kappa shape index (κ3) is 3.28. The van der Waals surface area contributed by atoms with Crippen LogP contribution >= 0.6 is 0 Å². The molecule has 4 heteroatoms. The van der Waals surface area contributed by atoms with E-state index in [1.165, 1.54) is 0 Å². The van der Waals surface area contributed by atoms with E-state index >= 15 is 0 Å². The van der Waals surface area contributed by atoms with Crippen LogP contribution in [-0.2, 0) is 5.60 Å². The minimum atomic E-state index is -1.21. The summed E-state index contributed by atoms with van der Waals surface area (Å²) in [7, 11) is 1.59. The third-order valence-electron chi connectivity index (χ3n) is 3.76. The van der Waals surface area contributed by atoms with Crippen LogP contribution in [0.3, 0.4) is 0 Å². The van der Waals surface area contributed by atoms with Crippen molar-refractivity contribution < 1.29 is 14.9 Å². The Balaban J connectivity index is 2.42. The van der Waals surface area contributed by atoms with Gasteiger partial charge in [-0.2, -0.15) is 5.26 Å². The fraction of sp³-hybridized carbons (Fsp3) is 0.278. The zero-order chi connectivity index (χ0) is 16.0. The van der Waals surface area contributed by atoms with Gasteiger partial charge < -0.3 is 14.9 Å². The van der Waals surface area contributed by atoms with Crippen molar-refractivity contribution in [2.45, 2.75) is 18.4 Å². The Kier molecular flexibility index (Phi) is 5.16. The molecule has 0 aromatic heterocycles. The van der Waals surface area contributed by atoms with E-state index in [-0.39, 0.29) is 6.61 Å². The van der Waals surface area contributed by atoms with Crippen LogP contribution in [0.4, 0.5) is 0 Å². The Hall–Kier alpha value is -2.35. The van der Waals surface area contributed by atoms with Crippen LogP contribution in [0.2, 0.25) is 0 Å². The molecule has 4 nitrogen and oxygen atoms in total. The lowest BCUT2D eigenvalue weighted by atomic mass is 9.82. The van der Waals surface area contributed by atoms with Gasteiger partial charge in [-0.3, -0.25) is 0 Å². The van der Waals surface area contributed by atoms with Crippen LogP contribution in [0, 0.1) is 11.3 Å². The summed E-state index contributed by atoms with van der Waals surface area (Å²) >= 11 is 0. The van der Waals surface area contributed by atoms with Crippen LogP contribution in [0.5, 0.6) is 5.75 Å². The first-order valence-electron chi connectivity index (χ1n) is 7.12. The van der Waals surface area contributed by atoms with Gasteiger partial charge in [0.2, 0.25) is 0 Å². The lowest BCUT2D eigenvalue weighted by Crippen LogP contribution is -2.27. The van der Waals surface area contributed by atoms with Gasteiger partial charge in [0.25, 0.3) is 0 Å². The van der Waals surface area contributed by atoms with Crippen molar-refractivity contribution >= 4 is 0 Å². The topological polar surface area (TPSA) is 73.5 Å².